The normalized spacial score (nSPS) is 19.8. The number of amides is 1. The topological polar surface area (TPSA) is 66.8 Å². The summed E-state index contributed by atoms with van der Waals surface area (Å²) >= 11 is 1.39. The summed E-state index contributed by atoms with van der Waals surface area (Å²) in [5.74, 6) is -0.440. The summed E-state index contributed by atoms with van der Waals surface area (Å²) in [5.41, 5.74) is 0.158. The Bertz CT molecular complexity index is 786. The molecule has 1 fully saturated rings. The van der Waals surface area contributed by atoms with Crippen LogP contribution in [0.3, 0.4) is 0 Å². The molecule has 1 aromatic heterocycles. The number of hydrogen-bond acceptors (Lipinski definition) is 4. The van der Waals surface area contributed by atoms with Crippen LogP contribution in [0.2, 0.25) is 0 Å². The Hall–Kier alpha value is -2.34. The predicted molar refractivity (Wildman–Crippen MR) is 97.2 cm³/mol. The third-order valence-electron chi connectivity index (χ3n) is 4.53. The molecule has 0 bridgehead atoms. The van der Waals surface area contributed by atoms with Crippen LogP contribution in [0.25, 0.3) is 10.4 Å². The fourth-order valence-corrected chi connectivity index (χ4v) is 4.06. The number of benzene rings is 1. The number of carboxylic acid groups (broad SMARTS) is 1. The van der Waals surface area contributed by atoms with Crippen molar-refractivity contribution in [3.8, 4) is 16.2 Å². The average Bonchev–Trinajstić information content (AvgIpc) is 3.21. The molecule has 5 nitrogen and oxygen atoms in total. The third-order valence-corrected chi connectivity index (χ3v) is 5.68. The van der Waals surface area contributed by atoms with Crippen molar-refractivity contribution in [1.82, 2.24) is 4.90 Å². The molecule has 0 aliphatic carbocycles. The van der Waals surface area contributed by atoms with Crippen molar-refractivity contribution in [1.29, 1.82) is 0 Å². The van der Waals surface area contributed by atoms with E-state index in [2.05, 4.69) is 0 Å². The van der Waals surface area contributed by atoms with Gasteiger partial charge < -0.3 is 14.7 Å². The van der Waals surface area contributed by atoms with E-state index in [0.29, 0.717) is 30.2 Å². The minimum absolute atomic E-state index is 0.152. The van der Waals surface area contributed by atoms with Gasteiger partial charge in [0.15, 0.2) is 0 Å². The van der Waals surface area contributed by atoms with Gasteiger partial charge in [-0.05, 0) is 31.9 Å². The Labute approximate surface area is 150 Å². The maximum atomic E-state index is 13.0. The quantitative estimate of drug-likeness (QED) is 0.883. The largest absolute Gasteiger partial charge is 0.492 e. The lowest BCUT2D eigenvalue weighted by Crippen LogP contribution is -2.34. The first-order valence-electron chi connectivity index (χ1n) is 8.29. The zero-order valence-corrected chi connectivity index (χ0v) is 15.1. The number of rotatable bonds is 5. The molecule has 1 aromatic carbocycles. The standard InChI is InChI=1S/C19H21NO4S/c1-3-24-14-11-15(13-7-5-4-6-8-13)25-16(14)17(21)20-10-9-19(2,12-20)18(22)23/h4-8,11H,3,9-10,12H2,1-2H3,(H,22,23). The van der Waals surface area contributed by atoms with Crippen molar-refractivity contribution in [3.05, 3.63) is 41.3 Å². The van der Waals surface area contributed by atoms with Gasteiger partial charge in [-0.2, -0.15) is 0 Å². The molecule has 25 heavy (non-hydrogen) atoms. The minimum Gasteiger partial charge on any atom is -0.492 e. The van der Waals surface area contributed by atoms with Gasteiger partial charge in [0.1, 0.15) is 10.6 Å². The second kappa shape index (κ2) is 6.88. The molecule has 1 N–H and O–H groups in total. The summed E-state index contributed by atoms with van der Waals surface area (Å²) in [5, 5.41) is 9.37. The van der Waals surface area contributed by atoms with Gasteiger partial charge in [-0.3, -0.25) is 9.59 Å². The molecule has 0 spiro atoms. The minimum atomic E-state index is -0.874. The smallest absolute Gasteiger partial charge is 0.311 e. The summed E-state index contributed by atoms with van der Waals surface area (Å²) < 4.78 is 5.67. The molecule has 1 aliphatic heterocycles. The summed E-state index contributed by atoms with van der Waals surface area (Å²) in [4.78, 5) is 27.5. The summed E-state index contributed by atoms with van der Waals surface area (Å²) in [7, 11) is 0. The molecule has 6 heteroatoms. The SMILES string of the molecule is CCOc1cc(-c2ccccc2)sc1C(=O)N1CCC(C)(C(=O)O)C1. The van der Waals surface area contributed by atoms with Gasteiger partial charge in [0.25, 0.3) is 5.91 Å². The monoisotopic (exact) mass is 359 g/mol. The number of aliphatic carboxylic acids is 1. The zero-order valence-electron chi connectivity index (χ0n) is 14.3. The zero-order chi connectivity index (χ0) is 18.0. The third kappa shape index (κ3) is 3.39. The maximum Gasteiger partial charge on any atom is 0.311 e. The highest BCUT2D eigenvalue weighted by Gasteiger charge is 2.43. The van der Waals surface area contributed by atoms with Crippen LogP contribution >= 0.6 is 11.3 Å². The van der Waals surface area contributed by atoms with E-state index in [1.807, 2.05) is 43.3 Å². The van der Waals surface area contributed by atoms with E-state index in [4.69, 9.17) is 4.74 Å². The van der Waals surface area contributed by atoms with E-state index in [9.17, 15) is 14.7 Å². The lowest BCUT2D eigenvalue weighted by Gasteiger charge is -2.20. The molecular formula is C19H21NO4S. The molecule has 132 valence electrons. The van der Waals surface area contributed by atoms with Crippen LogP contribution in [-0.2, 0) is 4.79 Å². The van der Waals surface area contributed by atoms with Crippen LogP contribution in [0, 0.1) is 5.41 Å². The van der Waals surface area contributed by atoms with Crippen molar-refractivity contribution in [2.24, 2.45) is 5.41 Å². The number of carboxylic acids is 1. The number of ether oxygens (including phenoxy) is 1. The highest BCUT2D eigenvalue weighted by molar-refractivity contribution is 7.17. The van der Waals surface area contributed by atoms with Gasteiger partial charge in [0.2, 0.25) is 0 Å². The Morgan fingerprint density at radius 1 is 1.32 bits per heavy atom. The van der Waals surface area contributed by atoms with Crippen molar-refractivity contribution < 1.29 is 19.4 Å². The molecule has 2 heterocycles. The average molecular weight is 359 g/mol. The number of carbonyl (C=O) groups excluding carboxylic acids is 1. The van der Waals surface area contributed by atoms with Crippen LogP contribution in [-0.4, -0.2) is 41.6 Å². The van der Waals surface area contributed by atoms with Crippen molar-refractivity contribution in [2.45, 2.75) is 20.3 Å². The molecule has 3 rings (SSSR count). The van der Waals surface area contributed by atoms with Crippen molar-refractivity contribution >= 4 is 23.2 Å². The molecule has 0 radical (unpaired) electrons. The highest BCUT2D eigenvalue weighted by atomic mass is 32.1. The Morgan fingerprint density at radius 3 is 2.64 bits per heavy atom. The van der Waals surface area contributed by atoms with Gasteiger partial charge in [-0.1, -0.05) is 30.3 Å². The number of hydrogen-bond donors (Lipinski definition) is 1. The lowest BCUT2D eigenvalue weighted by atomic mass is 9.90. The summed E-state index contributed by atoms with van der Waals surface area (Å²) in [6.07, 6.45) is 0.467. The van der Waals surface area contributed by atoms with Gasteiger partial charge in [0, 0.05) is 18.0 Å². The Kier molecular flexibility index (Phi) is 4.81. The summed E-state index contributed by atoms with van der Waals surface area (Å²) in [6, 6.07) is 11.7. The van der Waals surface area contributed by atoms with E-state index in [1.54, 1.807) is 11.8 Å². The van der Waals surface area contributed by atoms with E-state index in [-0.39, 0.29) is 12.5 Å². The number of likely N-dealkylation sites (tertiary alicyclic amines) is 1. The van der Waals surface area contributed by atoms with Crippen LogP contribution in [0.4, 0.5) is 0 Å². The fourth-order valence-electron chi connectivity index (χ4n) is 2.98. The molecular weight excluding hydrogens is 338 g/mol. The molecule has 1 amide bonds. The van der Waals surface area contributed by atoms with Crippen LogP contribution in [0.5, 0.6) is 5.75 Å². The van der Waals surface area contributed by atoms with E-state index in [0.717, 1.165) is 10.4 Å². The predicted octanol–water partition coefficient (Wildman–Crippen LogP) is 3.75. The summed E-state index contributed by atoms with van der Waals surface area (Å²) in [6.45, 7) is 4.72. The second-order valence-electron chi connectivity index (χ2n) is 6.45. The van der Waals surface area contributed by atoms with E-state index < -0.39 is 11.4 Å². The lowest BCUT2D eigenvalue weighted by molar-refractivity contribution is -0.147. The van der Waals surface area contributed by atoms with Crippen molar-refractivity contribution in [3.63, 3.8) is 0 Å². The fraction of sp³-hybridized carbons (Fsp3) is 0.368. The maximum absolute atomic E-state index is 13.0. The number of nitrogens with zero attached hydrogens (tertiary/aromatic N) is 1. The van der Waals surface area contributed by atoms with Crippen molar-refractivity contribution in [2.75, 3.05) is 19.7 Å². The molecule has 2 aromatic rings. The number of thiophene rings is 1. The molecule has 1 aliphatic rings. The van der Waals surface area contributed by atoms with Gasteiger partial charge in [-0.15, -0.1) is 11.3 Å². The molecule has 1 atom stereocenters. The first-order valence-corrected chi connectivity index (χ1v) is 9.11. The van der Waals surface area contributed by atoms with Crippen LogP contribution in [0.1, 0.15) is 29.9 Å². The Balaban J connectivity index is 1.90. The van der Waals surface area contributed by atoms with Crippen LogP contribution in [0.15, 0.2) is 36.4 Å². The molecule has 0 saturated carbocycles. The van der Waals surface area contributed by atoms with Gasteiger partial charge in [-0.25, -0.2) is 0 Å². The van der Waals surface area contributed by atoms with E-state index >= 15 is 0 Å². The van der Waals surface area contributed by atoms with E-state index in [1.165, 1.54) is 11.3 Å². The van der Waals surface area contributed by atoms with Gasteiger partial charge in [0.05, 0.1) is 12.0 Å². The first-order chi connectivity index (χ1) is 11.9. The Morgan fingerprint density at radius 2 is 2.04 bits per heavy atom. The first kappa shape index (κ1) is 17.5. The van der Waals surface area contributed by atoms with Gasteiger partial charge >= 0.3 is 5.97 Å². The van der Waals surface area contributed by atoms with Crippen LogP contribution < -0.4 is 4.74 Å². The number of carbonyl (C=O) groups is 2. The highest BCUT2D eigenvalue weighted by Crippen LogP contribution is 2.39. The molecule has 1 unspecified atom stereocenters. The second-order valence-corrected chi connectivity index (χ2v) is 7.50. The molecule has 1 saturated heterocycles.